The number of benzene rings is 2. The molecule has 1 saturated carbocycles. The molecule has 0 aliphatic heterocycles. The zero-order chi connectivity index (χ0) is 20.3. The Hall–Kier alpha value is -2.31. The van der Waals surface area contributed by atoms with E-state index in [4.69, 9.17) is 4.74 Å². The maximum Gasteiger partial charge on any atom is 0.426 e. The predicted octanol–water partition coefficient (Wildman–Crippen LogP) is 6.51. The van der Waals surface area contributed by atoms with Crippen LogP contribution < -0.4 is 10.1 Å². The van der Waals surface area contributed by atoms with Gasteiger partial charge >= 0.3 is 6.18 Å². The lowest BCUT2D eigenvalue weighted by Crippen LogP contribution is -2.15. The number of hydrogen-bond donors (Lipinski definition) is 1. The molecule has 1 aromatic heterocycles. The van der Waals surface area contributed by atoms with Crippen LogP contribution in [0.3, 0.4) is 0 Å². The van der Waals surface area contributed by atoms with Crippen LogP contribution >= 0.6 is 11.3 Å². The Bertz CT molecular complexity index is 931. The monoisotopic (exact) mass is 417 g/mol. The van der Waals surface area contributed by atoms with Gasteiger partial charge in [-0.15, -0.1) is 11.3 Å². The van der Waals surface area contributed by atoms with Crippen molar-refractivity contribution in [2.24, 2.45) is 5.92 Å². The number of halogens is 3. The Morgan fingerprint density at radius 3 is 2.38 bits per heavy atom. The Kier molecular flexibility index (Phi) is 5.92. The molecule has 0 radical (unpaired) electrons. The smallest absolute Gasteiger partial charge is 0.426 e. The summed E-state index contributed by atoms with van der Waals surface area (Å²) in [6, 6.07) is 17.9. The van der Waals surface area contributed by atoms with Gasteiger partial charge in [0, 0.05) is 17.0 Å². The number of nitrogens with one attached hydrogen (secondary N) is 1. The SMILES string of the molecule is FC(F)(F)c1sc(COc2ccc(CNCC3CC3)cc2)cc1-c1ccccc1. The summed E-state index contributed by atoms with van der Waals surface area (Å²) in [6.45, 7) is 1.98. The standard InChI is InChI=1S/C23H22F3NOS/c24-23(25,26)22-21(18-4-2-1-3-5-18)12-20(29-22)15-28-19-10-8-17(9-11-19)14-27-13-16-6-7-16/h1-5,8-12,16,27H,6-7,13-15H2. The second kappa shape index (κ2) is 8.59. The number of alkyl halides is 3. The summed E-state index contributed by atoms with van der Waals surface area (Å²) in [5, 5.41) is 3.43. The van der Waals surface area contributed by atoms with Gasteiger partial charge in [-0.2, -0.15) is 13.2 Å². The first-order chi connectivity index (χ1) is 14.0. The lowest BCUT2D eigenvalue weighted by Gasteiger charge is -2.07. The van der Waals surface area contributed by atoms with Crippen LogP contribution in [-0.4, -0.2) is 6.54 Å². The van der Waals surface area contributed by atoms with Crippen LogP contribution in [-0.2, 0) is 19.3 Å². The molecule has 2 aromatic carbocycles. The van der Waals surface area contributed by atoms with E-state index in [2.05, 4.69) is 5.32 Å². The maximum absolute atomic E-state index is 13.5. The molecule has 6 heteroatoms. The summed E-state index contributed by atoms with van der Waals surface area (Å²) in [4.78, 5) is -0.0364. The summed E-state index contributed by atoms with van der Waals surface area (Å²) >= 11 is 0.743. The molecule has 1 N–H and O–H groups in total. The van der Waals surface area contributed by atoms with Crippen molar-refractivity contribution in [3.63, 3.8) is 0 Å². The molecule has 29 heavy (non-hydrogen) atoms. The van der Waals surface area contributed by atoms with Gasteiger partial charge in [0.1, 0.15) is 17.2 Å². The fraction of sp³-hybridized carbons (Fsp3) is 0.304. The van der Waals surface area contributed by atoms with Gasteiger partial charge in [0.15, 0.2) is 0 Å². The highest BCUT2D eigenvalue weighted by Crippen LogP contribution is 2.43. The van der Waals surface area contributed by atoms with Crippen molar-refractivity contribution in [1.82, 2.24) is 5.32 Å². The zero-order valence-corrected chi connectivity index (χ0v) is 16.7. The molecule has 0 spiro atoms. The van der Waals surface area contributed by atoms with Gasteiger partial charge in [-0.3, -0.25) is 0 Å². The van der Waals surface area contributed by atoms with E-state index in [1.165, 1.54) is 18.4 Å². The van der Waals surface area contributed by atoms with E-state index < -0.39 is 11.1 Å². The summed E-state index contributed by atoms with van der Waals surface area (Å²) in [6.07, 6.45) is -1.74. The Balaban J connectivity index is 1.40. The van der Waals surface area contributed by atoms with Crippen molar-refractivity contribution in [2.45, 2.75) is 32.2 Å². The third-order valence-corrected chi connectivity index (χ3v) is 6.04. The minimum absolute atomic E-state index is 0.111. The minimum atomic E-state index is -4.39. The number of rotatable bonds is 8. The highest BCUT2D eigenvalue weighted by molar-refractivity contribution is 7.12. The molecule has 1 aliphatic carbocycles. The van der Waals surface area contributed by atoms with Crippen molar-refractivity contribution < 1.29 is 17.9 Å². The van der Waals surface area contributed by atoms with Gasteiger partial charge < -0.3 is 10.1 Å². The Labute approximate surface area is 172 Å². The molecular weight excluding hydrogens is 395 g/mol. The van der Waals surface area contributed by atoms with E-state index in [0.29, 0.717) is 16.2 Å². The van der Waals surface area contributed by atoms with Crippen LogP contribution in [0.15, 0.2) is 60.7 Å². The van der Waals surface area contributed by atoms with Crippen molar-refractivity contribution >= 4 is 11.3 Å². The first-order valence-corrected chi connectivity index (χ1v) is 10.5. The number of hydrogen-bond acceptors (Lipinski definition) is 3. The van der Waals surface area contributed by atoms with E-state index in [9.17, 15) is 13.2 Å². The Morgan fingerprint density at radius 1 is 1.00 bits per heavy atom. The van der Waals surface area contributed by atoms with Gasteiger partial charge in [0.25, 0.3) is 0 Å². The predicted molar refractivity (Wildman–Crippen MR) is 110 cm³/mol. The van der Waals surface area contributed by atoms with Gasteiger partial charge in [-0.05, 0) is 54.6 Å². The summed E-state index contributed by atoms with van der Waals surface area (Å²) in [5.41, 5.74) is 1.93. The van der Waals surface area contributed by atoms with Crippen LogP contribution in [0.2, 0.25) is 0 Å². The second-order valence-corrected chi connectivity index (χ2v) is 8.46. The third-order valence-electron chi connectivity index (χ3n) is 4.89. The topological polar surface area (TPSA) is 21.3 Å². The zero-order valence-electron chi connectivity index (χ0n) is 15.8. The lowest BCUT2D eigenvalue weighted by molar-refractivity contribution is -0.133. The normalized spacial score (nSPS) is 14.2. The third kappa shape index (κ3) is 5.40. The number of ether oxygens (including phenoxy) is 1. The quantitative estimate of drug-likeness (QED) is 0.451. The molecule has 4 rings (SSSR count). The first-order valence-electron chi connectivity index (χ1n) is 9.67. The summed E-state index contributed by atoms with van der Waals surface area (Å²) in [5.74, 6) is 1.49. The molecule has 0 bridgehead atoms. The first kappa shape index (κ1) is 20.0. The molecule has 0 atom stereocenters. The van der Waals surface area contributed by atoms with Gasteiger partial charge in [0.2, 0.25) is 0 Å². The van der Waals surface area contributed by atoms with E-state index in [0.717, 1.165) is 30.3 Å². The molecule has 1 aliphatic rings. The van der Waals surface area contributed by atoms with E-state index >= 15 is 0 Å². The largest absolute Gasteiger partial charge is 0.488 e. The molecular formula is C23H22F3NOS. The molecule has 0 unspecified atom stereocenters. The van der Waals surface area contributed by atoms with Crippen LogP contribution in [0.25, 0.3) is 11.1 Å². The van der Waals surface area contributed by atoms with E-state index in [1.807, 2.05) is 24.3 Å². The number of thiophene rings is 1. The maximum atomic E-state index is 13.5. The summed E-state index contributed by atoms with van der Waals surface area (Å²) < 4.78 is 46.2. The molecule has 2 nitrogen and oxygen atoms in total. The molecule has 3 aromatic rings. The molecule has 152 valence electrons. The molecule has 1 fully saturated rings. The van der Waals surface area contributed by atoms with Crippen LogP contribution in [0, 0.1) is 5.92 Å². The fourth-order valence-electron chi connectivity index (χ4n) is 3.16. The lowest BCUT2D eigenvalue weighted by atomic mass is 10.1. The van der Waals surface area contributed by atoms with Crippen molar-refractivity contribution in [3.8, 4) is 16.9 Å². The average molecular weight is 417 g/mol. The van der Waals surface area contributed by atoms with E-state index in [-0.39, 0.29) is 12.2 Å². The summed E-state index contributed by atoms with van der Waals surface area (Å²) in [7, 11) is 0. The molecule has 0 saturated heterocycles. The van der Waals surface area contributed by atoms with Crippen molar-refractivity contribution in [2.75, 3.05) is 6.54 Å². The van der Waals surface area contributed by atoms with Crippen LogP contribution in [0.1, 0.15) is 28.2 Å². The highest BCUT2D eigenvalue weighted by atomic mass is 32.1. The van der Waals surface area contributed by atoms with Gasteiger partial charge in [0.05, 0.1) is 0 Å². The van der Waals surface area contributed by atoms with Crippen molar-refractivity contribution in [3.05, 3.63) is 76.0 Å². The van der Waals surface area contributed by atoms with Crippen LogP contribution in [0.5, 0.6) is 5.75 Å². The molecule has 1 heterocycles. The minimum Gasteiger partial charge on any atom is -0.488 e. The van der Waals surface area contributed by atoms with Gasteiger partial charge in [-0.1, -0.05) is 42.5 Å². The van der Waals surface area contributed by atoms with Crippen molar-refractivity contribution in [1.29, 1.82) is 0 Å². The highest BCUT2D eigenvalue weighted by Gasteiger charge is 2.36. The van der Waals surface area contributed by atoms with Crippen LogP contribution in [0.4, 0.5) is 13.2 Å². The molecule has 0 amide bonds. The fourth-order valence-corrected chi connectivity index (χ4v) is 4.12. The van der Waals surface area contributed by atoms with E-state index in [1.54, 1.807) is 36.4 Å². The van der Waals surface area contributed by atoms with Gasteiger partial charge in [-0.25, -0.2) is 0 Å². The second-order valence-electron chi connectivity index (χ2n) is 7.33. The Morgan fingerprint density at radius 2 is 1.72 bits per heavy atom. The average Bonchev–Trinajstić information content (AvgIpc) is 3.43.